The van der Waals surface area contributed by atoms with Gasteiger partial charge in [-0.25, -0.2) is 0 Å². The van der Waals surface area contributed by atoms with Gasteiger partial charge in [0.05, 0.1) is 5.60 Å². The summed E-state index contributed by atoms with van der Waals surface area (Å²) in [5.41, 5.74) is 3.52. The van der Waals surface area contributed by atoms with Crippen molar-refractivity contribution in [2.24, 2.45) is 0 Å². The lowest BCUT2D eigenvalue weighted by Gasteiger charge is -2.28. The molecule has 5 heteroatoms. The van der Waals surface area contributed by atoms with Crippen LogP contribution in [0.4, 0.5) is 0 Å². The van der Waals surface area contributed by atoms with Gasteiger partial charge in [0.1, 0.15) is 24.7 Å². The molecular weight excluding hydrogens is 412 g/mol. The van der Waals surface area contributed by atoms with E-state index in [4.69, 9.17) is 9.47 Å². The fourth-order valence-electron chi connectivity index (χ4n) is 4.32. The van der Waals surface area contributed by atoms with Crippen LogP contribution in [-0.2, 0) is 25.3 Å². The molecule has 1 N–H and O–H groups in total. The molecule has 1 atom stereocenters. The Hall–Kier alpha value is -2.86. The Morgan fingerprint density at radius 3 is 2.48 bits per heavy atom. The molecule has 0 saturated carbocycles. The Balaban J connectivity index is 1.40. The minimum absolute atomic E-state index is 0.565. The number of hydrogen-bond donors (Lipinski definition) is 1. The van der Waals surface area contributed by atoms with E-state index >= 15 is 0 Å². The Morgan fingerprint density at radius 2 is 1.76 bits per heavy atom. The number of aliphatic hydroxyl groups is 1. The highest BCUT2D eigenvalue weighted by molar-refractivity contribution is 5.40. The SMILES string of the molecule is CN(C)CC(C)(O)c1ccc2c(c1)CN(Cc1ccc(OCc3ccccc3)cc1)CCO2. The molecule has 1 aliphatic heterocycles. The monoisotopic (exact) mass is 446 g/mol. The van der Waals surface area contributed by atoms with Crippen LogP contribution in [0, 0.1) is 0 Å². The first-order valence-corrected chi connectivity index (χ1v) is 11.5. The predicted molar refractivity (Wildman–Crippen MR) is 131 cm³/mol. The van der Waals surface area contributed by atoms with Crippen molar-refractivity contribution >= 4 is 0 Å². The van der Waals surface area contributed by atoms with Gasteiger partial charge < -0.3 is 19.5 Å². The molecule has 0 fully saturated rings. The molecule has 3 aromatic rings. The molecule has 0 amide bonds. The van der Waals surface area contributed by atoms with Crippen molar-refractivity contribution < 1.29 is 14.6 Å². The number of nitrogens with zero attached hydrogens (tertiary/aromatic N) is 2. The largest absolute Gasteiger partial charge is 0.492 e. The topological polar surface area (TPSA) is 45.2 Å². The summed E-state index contributed by atoms with van der Waals surface area (Å²) in [5, 5.41) is 11.0. The van der Waals surface area contributed by atoms with Crippen molar-refractivity contribution in [3.63, 3.8) is 0 Å². The van der Waals surface area contributed by atoms with Crippen LogP contribution >= 0.6 is 0 Å². The summed E-state index contributed by atoms with van der Waals surface area (Å²) in [6.45, 7) is 6.12. The van der Waals surface area contributed by atoms with Gasteiger partial charge in [-0.1, -0.05) is 48.5 Å². The normalized spacial score (nSPS) is 15.9. The molecule has 5 nitrogen and oxygen atoms in total. The van der Waals surface area contributed by atoms with E-state index in [-0.39, 0.29) is 0 Å². The van der Waals surface area contributed by atoms with E-state index in [1.54, 1.807) is 0 Å². The van der Waals surface area contributed by atoms with E-state index in [0.29, 0.717) is 19.8 Å². The number of fused-ring (bicyclic) bond motifs is 1. The third-order valence-corrected chi connectivity index (χ3v) is 5.94. The third-order valence-electron chi connectivity index (χ3n) is 5.94. The second kappa shape index (κ2) is 10.4. The van der Waals surface area contributed by atoms with Gasteiger partial charge in [-0.3, -0.25) is 4.90 Å². The molecule has 1 unspecified atom stereocenters. The van der Waals surface area contributed by atoms with Crippen molar-refractivity contribution in [1.29, 1.82) is 0 Å². The summed E-state index contributed by atoms with van der Waals surface area (Å²) in [5.74, 6) is 1.78. The van der Waals surface area contributed by atoms with Crippen LogP contribution in [0.5, 0.6) is 11.5 Å². The minimum Gasteiger partial charge on any atom is -0.492 e. The molecule has 3 aromatic carbocycles. The van der Waals surface area contributed by atoms with Crippen molar-refractivity contribution in [1.82, 2.24) is 9.80 Å². The quantitative estimate of drug-likeness (QED) is 0.555. The van der Waals surface area contributed by atoms with E-state index in [9.17, 15) is 5.11 Å². The number of hydrogen-bond acceptors (Lipinski definition) is 5. The minimum atomic E-state index is -0.911. The molecule has 174 valence electrons. The van der Waals surface area contributed by atoms with Gasteiger partial charge >= 0.3 is 0 Å². The van der Waals surface area contributed by atoms with Crippen LogP contribution in [0.25, 0.3) is 0 Å². The van der Waals surface area contributed by atoms with Crippen LogP contribution in [0.2, 0.25) is 0 Å². The van der Waals surface area contributed by atoms with Crippen LogP contribution < -0.4 is 9.47 Å². The van der Waals surface area contributed by atoms with E-state index in [0.717, 1.165) is 47.8 Å². The molecule has 33 heavy (non-hydrogen) atoms. The highest BCUT2D eigenvalue weighted by Crippen LogP contribution is 2.30. The van der Waals surface area contributed by atoms with Gasteiger partial charge in [-0.2, -0.15) is 0 Å². The summed E-state index contributed by atoms with van der Waals surface area (Å²) in [6, 6.07) is 24.6. The van der Waals surface area contributed by atoms with E-state index in [2.05, 4.69) is 35.2 Å². The van der Waals surface area contributed by atoms with Crippen LogP contribution in [0.1, 0.15) is 29.2 Å². The summed E-state index contributed by atoms with van der Waals surface area (Å²) in [7, 11) is 3.95. The van der Waals surface area contributed by atoms with E-state index in [1.807, 2.05) is 68.4 Å². The fourth-order valence-corrected chi connectivity index (χ4v) is 4.32. The number of ether oxygens (including phenoxy) is 2. The van der Waals surface area contributed by atoms with Crippen molar-refractivity contribution in [3.05, 3.63) is 95.1 Å². The standard InChI is InChI=1S/C28H34N2O3/c1-28(31,21-29(2)3)25-11-14-27-24(17-25)19-30(15-16-32-27)18-22-9-12-26(13-10-22)33-20-23-7-5-4-6-8-23/h4-14,17,31H,15-16,18-21H2,1-3H3. The van der Waals surface area contributed by atoms with Gasteiger partial charge in [-0.05, 0) is 62.0 Å². The van der Waals surface area contributed by atoms with E-state index < -0.39 is 5.60 Å². The average Bonchev–Trinajstić information content (AvgIpc) is 2.99. The van der Waals surface area contributed by atoms with Crippen molar-refractivity contribution in [3.8, 4) is 11.5 Å². The molecule has 4 rings (SSSR count). The smallest absolute Gasteiger partial charge is 0.123 e. The number of likely N-dealkylation sites (N-methyl/N-ethyl adjacent to an activating group) is 1. The first-order valence-electron chi connectivity index (χ1n) is 11.5. The summed E-state index contributed by atoms with van der Waals surface area (Å²) >= 11 is 0. The lowest BCUT2D eigenvalue weighted by Crippen LogP contribution is -2.34. The zero-order chi connectivity index (χ0) is 23.3. The predicted octanol–water partition coefficient (Wildman–Crippen LogP) is 4.43. The highest BCUT2D eigenvalue weighted by atomic mass is 16.5. The maximum atomic E-state index is 11.0. The molecule has 1 aliphatic rings. The maximum absolute atomic E-state index is 11.0. The van der Waals surface area contributed by atoms with Gasteiger partial charge in [-0.15, -0.1) is 0 Å². The Kier molecular flexibility index (Phi) is 7.33. The molecular formula is C28H34N2O3. The molecule has 1 heterocycles. The van der Waals surface area contributed by atoms with Crippen LogP contribution in [0.15, 0.2) is 72.8 Å². The maximum Gasteiger partial charge on any atom is 0.123 e. The molecule has 0 saturated heterocycles. The molecule has 0 aromatic heterocycles. The van der Waals surface area contributed by atoms with Gasteiger partial charge in [0.25, 0.3) is 0 Å². The second-order valence-electron chi connectivity index (χ2n) is 9.31. The second-order valence-corrected chi connectivity index (χ2v) is 9.31. The Morgan fingerprint density at radius 1 is 1.00 bits per heavy atom. The van der Waals surface area contributed by atoms with Crippen LogP contribution in [0.3, 0.4) is 0 Å². The lowest BCUT2D eigenvalue weighted by atomic mass is 9.93. The highest BCUT2D eigenvalue weighted by Gasteiger charge is 2.26. The zero-order valence-electron chi connectivity index (χ0n) is 19.8. The zero-order valence-corrected chi connectivity index (χ0v) is 19.8. The number of rotatable bonds is 8. The van der Waals surface area contributed by atoms with Crippen molar-refractivity contribution in [2.75, 3.05) is 33.8 Å². The molecule has 0 spiro atoms. The average molecular weight is 447 g/mol. The lowest BCUT2D eigenvalue weighted by molar-refractivity contribution is 0.0299. The van der Waals surface area contributed by atoms with Gasteiger partial charge in [0.2, 0.25) is 0 Å². The van der Waals surface area contributed by atoms with E-state index in [1.165, 1.54) is 5.56 Å². The Labute approximate surface area is 197 Å². The first-order chi connectivity index (χ1) is 15.9. The summed E-state index contributed by atoms with van der Waals surface area (Å²) in [4.78, 5) is 4.39. The third kappa shape index (κ3) is 6.35. The summed E-state index contributed by atoms with van der Waals surface area (Å²) in [6.07, 6.45) is 0. The van der Waals surface area contributed by atoms with Crippen molar-refractivity contribution in [2.45, 2.75) is 32.2 Å². The fraction of sp³-hybridized carbons (Fsp3) is 0.357. The first kappa shape index (κ1) is 23.3. The number of benzene rings is 3. The molecule has 0 bridgehead atoms. The Bertz CT molecular complexity index is 1030. The van der Waals surface area contributed by atoms with Crippen LogP contribution in [-0.4, -0.2) is 48.7 Å². The van der Waals surface area contributed by atoms with Gasteiger partial charge in [0, 0.05) is 31.7 Å². The molecule has 0 aliphatic carbocycles. The van der Waals surface area contributed by atoms with Gasteiger partial charge in [0.15, 0.2) is 0 Å². The summed E-state index contributed by atoms with van der Waals surface area (Å²) < 4.78 is 11.9. The molecule has 0 radical (unpaired) electrons.